The zero-order valence-electron chi connectivity index (χ0n) is 14.9. The maximum absolute atomic E-state index is 12.1. The fourth-order valence-electron chi connectivity index (χ4n) is 2.71. The number of hydrogen-bond donors (Lipinski definition) is 3. The summed E-state index contributed by atoms with van der Waals surface area (Å²) in [6, 6.07) is 9.20. The summed E-state index contributed by atoms with van der Waals surface area (Å²) in [6.07, 6.45) is 5.23. The van der Waals surface area contributed by atoms with Crippen LogP contribution >= 0.6 is 0 Å². The van der Waals surface area contributed by atoms with E-state index in [1.807, 2.05) is 24.4 Å². The molecule has 4 rings (SSSR count). The smallest absolute Gasteiger partial charge is 0.273 e. The lowest BCUT2D eigenvalue weighted by Gasteiger charge is -2.07. The van der Waals surface area contributed by atoms with Crippen LogP contribution in [0.2, 0.25) is 0 Å². The number of nitrogens with one attached hydrogen (secondary N) is 3. The molecule has 0 unspecified atom stereocenters. The number of carbonyl (C=O) groups is 2. The van der Waals surface area contributed by atoms with Crippen LogP contribution in [0, 0.1) is 6.92 Å². The maximum atomic E-state index is 12.1. The molecule has 0 atom stereocenters. The van der Waals surface area contributed by atoms with Gasteiger partial charge in [0, 0.05) is 29.4 Å². The summed E-state index contributed by atoms with van der Waals surface area (Å²) in [7, 11) is 0. The van der Waals surface area contributed by atoms with Crippen LogP contribution in [0.4, 0.5) is 5.82 Å². The highest BCUT2D eigenvalue weighted by molar-refractivity contribution is 5.99. The number of amides is 2. The molecule has 3 heterocycles. The Morgan fingerprint density at radius 2 is 2.00 bits per heavy atom. The molecule has 0 saturated carbocycles. The predicted molar refractivity (Wildman–Crippen MR) is 102 cm³/mol. The second-order valence-electron chi connectivity index (χ2n) is 6.17. The van der Waals surface area contributed by atoms with Crippen molar-refractivity contribution in [3.63, 3.8) is 0 Å². The molecule has 3 N–H and O–H groups in total. The Kier molecular flexibility index (Phi) is 4.55. The molecule has 0 aliphatic heterocycles. The summed E-state index contributed by atoms with van der Waals surface area (Å²) in [5, 5.41) is 17.4. The van der Waals surface area contributed by atoms with E-state index in [2.05, 4.69) is 31.0 Å². The van der Waals surface area contributed by atoms with Gasteiger partial charge in [-0.15, -0.1) is 0 Å². The Balaban J connectivity index is 1.43. The molecule has 140 valence electrons. The Morgan fingerprint density at radius 3 is 2.75 bits per heavy atom. The van der Waals surface area contributed by atoms with Crippen LogP contribution in [0.3, 0.4) is 0 Å². The van der Waals surface area contributed by atoms with Crippen LogP contribution in [-0.2, 0) is 4.79 Å². The van der Waals surface area contributed by atoms with Crippen molar-refractivity contribution < 1.29 is 14.1 Å². The van der Waals surface area contributed by atoms with Gasteiger partial charge in [-0.25, -0.2) is 4.98 Å². The molecule has 4 aromatic rings. The van der Waals surface area contributed by atoms with Gasteiger partial charge in [0.25, 0.3) is 5.91 Å². The minimum Gasteiger partial charge on any atom is -0.361 e. The molecule has 9 heteroatoms. The lowest BCUT2D eigenvalue weighted by molar-refractivity contribution is -0.115. The summed E-state index contributed by atoms with van der Waals surface area (Å²) in [5.74, 6) is 0.0350. The van der Waals surface area contributed by atoms with E-state index in [1.165, 1.54) is 6.07 Å². The first-order chi connectivity index (χ1) is 13.6. The molecule has 9 nitrogen and oxygen atoms in total. The van der Waals surface area contributed by atoms with E-state index in [9.17, 15) is 9.59 Å². The van der Waals surface area contributed by atoms with Crippen molar-refractivity contribution in [1.82, 2.24) is 25.7 Å². The van der Waals surface area contributed by atoms with Crippen LogP contribution in [0.25, 0.3) is 21.9 Å². The fourth-order valence-corrected chi connectivity index (χ4v) is 2.71. The second kappa shape index (κ2) is 7.31. The summed E-state index contributed by atoms with van der Waals surface area (Å²) in [4.78, 5) is 28.3. The van der Waals surface area contributed by atoms with Gasteiger partial charge in [0.15, 0.2) is 5.69 Å². The number of nitrogens with zero attached hydrogens (tertiary/aromatic N) is 3. The standard InChI is InChI=1S/C19H16N6O3/c1-11-4-16(25-28-11)19(27)21-10-18(26)24-17-6-14-5-12(15-8-22-23-9-15)2-3-13(14)7-20-17/h2-9H,10H2,1H3,(H,21,27)(H,22,23)(H,20,24,26). The number of aromatic amines is 1. The maximum Gasteiger partial charge on any atom is 0.273 e. The highest BCUT2D eigenvalue weighted by atomic mass is 16.5. The van der Waals surface area contributed by atoms with Gasteiger partial charge < -0.3 is 15.2 Å². The molecular weight excluding hydrogens is 360 g/mol. The Morgan fingerprint density at radius 1 is 1.11 bits per heavy atom. The SMILES string of the molecule is Cc1cc(C(=O)NCC(=O)Nc2cc3cc(-c4cn[nH]c4)ccc3cn2)no1. The second-order valence-corrected chi connectivity index (χ2v) is 6.17. The Hall–Kier alpha value is -4.01. The highest BCUT2D eigenvalue weighted by Gasteiger charge is 2.12. The first-order valence-corrected chi connectivity index (χ1v) is 8.49. The van der Waals surface area contributed by atoms with Crippen LogP contribution in [0.15, 0.2) is 53.4 Å². The first-order valence-electron chi connectivity index (χ1n) is 8.49. The van der Waals surface area contributed by atoms with Gasteiger partial charge in [-0.05, 0) is 30.0 Å². The fraction of sp³-hybridized carbons (Fsp3) is 0.105. The lowest BCUT2D eigenvalue weighted by Crippen LogP contribution is -2.33. The van der Waals surface area contributed by atoms with E-state index in [0.29, 0.717) is 11.6 Å². The van der Waals surface area contributed by atoms with Crippen molar-refractivity contribution in [3.05, 3.63) is 60.4 Å². The molecule has 0 aliphatic rings. The van der Waals surface area contributed by atoms with E-state index >= 15 is 0 Å². The van der Waals surface area contributed by atoms with E-state index in [-0.39, 0.29) is 12.2 Å². The van der Waals surface area contributed by atoms with Crippen LogP contribution in [0.5, 0.6) is 0 Å². The van der Waals surface area contributed by atoms with Gasteiger partial charge in [-0.1, -0.05) is 17.3 Å². The average molecular weight is 376 g/mol. The minimum absolute atomic E-state index is 0.126. The molecule has 0 aliphatic carbocycles. The normalized spacial score (nSPS) is 10.8. The summed E-state index contributed by atoms with van der Waals surface area (Å²) < 4.78 is 4.84. The summed E-state index contributed by atoms with van der Waals surface area (Å²) >= 11 is 0. The number of aromatic nitrogens is 4. The molecule has 3 aromatic heterocycles. The van der Waals surface area contributed by atoms with Gasteiger partial charge in [-0.3, -0.25) is 14.7 Å². The van der Waals surface area contributed by atoms with E-state index in [4.69, 9.17) is 4.52 Å². The third kappa shape index (κ3) is 3.73. The summed E-state index contributed by atoms with van der Waals surface area (Å²) in [5.41, 5.74) is 2.09. The molecule has 1 aromatic carbocycles. The van der Waals surface area contributed by atoms with Gasteiger partial charge in [0.05, 0.1) is 12.7 Å². The van der Waals surface area contributed by atoms with Crippen molar-refractivity contribution in [1.29, 1.82) is 0 Å². The van der Waals surface area contributed by atoms with Crippen LogP contribution < -0.4 is 10.6 Å². The monoisotopic (exact) mass is 376 g/mol. The molecule has 2 amide bonds. The summed E-state index contributed by atoms with van der Waals surface area (Å²) in [6.45, 7) is 1.47. The van der Waals surface area contributed by atoms with Gasteiger partial charge >= 0.3 is 0 Å². The van der Waals surface area contributed by atoms with Crippen molar-refractivity contribution in [2.45, 2.75) is 6.92 Å². The number of fused-ring (bicyclic) bond motifs is 1. The molecule has 0 saturated heterocycles. The number of rotatable bonds is 5. The number of anilines is 1. The van der Waals surface area contributed by atoms with E-state index < -0.39 is 11.8 Å². The van der Waals surface area contributed by atoms with Crippen molar-refractivity contribution in [3.8, 4) is 11.1 Å². The molecule has 0 radical (unpaired) electrons. The number of hydrogen-bond acceptors (Lipinski definition) is 6. The van der Waals surface area contributed by atoms with Gasteiger partial charge in [0.2, 0.25) is 5.91 Å². The van der Waals surface area contributed by atoms with Crippen molar-refractivity contribution in [2.24, 2.45) is 0 Å². The third-order valence-electron chi connectivity index (χ3n) is 4.09. The minimum atomic E-state index is -0.483. The molecule has 0 bridgehead atoms. The van der Waals surface area contributed by atoms with E-state index in [1.54, 1.807) is 25.4 Å². The molecular formula is C19H16N6O3. The topological polar surface area (TPSA) is 126 Å². The van der Waals surface area contributed by atoms with Crippen LogP contribution in [-0.4, -0.2) is 38.7 Å². The quantitative estimate of drug-likeness (QED) is 0.491. The number of carbonyl (C=O) groups excluding carboxylic acids is 2. The molecule has 0 fully saturated rings. The van der Waals surface area contributed by atoms with Gasteiger partial charge in [-0.2, -0.15) is 5.10 Å². The zero-order valence-corrected chi connectivity index (χ0v) is 14.9. The number of pyridine rings is 1. The number of H-pyrrole nitrogens is 1. The Bertz CT molecular complexity index is 1150. The van der Waals surface area contributed by atoms with Gasteiger partial charge in [0.1, 0.15) is 11.6 Å². The van der Waals surface area contributed by atoms with Crippen molar-refractivity contribution in [2.75, 3.05) is 11.9 Å². The largest absolute Gasteiger partial charge is 0.361 e. The number of benzene rings is 1. The number of aryl methyl sites for hydroxylation is 1. The lowest BCUT2D eigenvalue weighted by atomic mass is 10.1. The molecule has 28 heavy (non-hydrogen) atoms. The van der Waals surface area contributed by atoms with Crippen molar-refractivity contribution >= 4 is 28.4 Å². The highest BCUT2D eigenvalue weighted by Crippen LogP contribution is 2.24. The predicted octanol–water partition coefficient (Wildman–Crippen LogP) is 2.29. The zero-order chi connectivity index (χ0) is 19.5. The first kappa shape index (κ1) is 17.4. The average Bonchev–Trinajstić information content (AvgIpc) is 3.37. The molecule has 0 spiro atoms. The Labute approximate surface area is 159 Å². The van der Waals surface area contributed by atoms with E-state index in [0.717, 1.165) is 21.9 Å². The van der Waals surface area contributed by atoms with Crippen LogP contribution in [0.1, 0.15) is 16.2 Å². The third-order valence-corrected chi connectivity index (χ3v) is 4.09.